The molecule has 0 saturated heterocycles. The number of benzene rings is 2. The van der Waals surface area contributed by atoms with Gasteiger partial charge in [0, 0.05) is 23.6 Å². The topological polar surface area (TPSA) is 151 Å². The summed E-state index contributed by atoms with van der Waals surface area (Å²) < 4.78 is 12.8. The predicted molar refractivity (Wildman–Crippen MR) is 148 cm³/mol. The number of carbonyl (C=O) groups is 3. The van der Waals surface area contributed by atoms with Crippen molar-refractivity contribution >= 4 is 23.3 Å². The first-order valence-corrected chi connectivity index (χ1v) is 13.9. The predicted octanol–water partition coefficient (Wildman–Crippen LogP) is 3.81. The number of rotatable bonds is 6. The van der Waals surface area contributed by atoms with Crippen LogP contribution in [-0.4, -0.2) is 45.2 Å². The van der Waals surface area contributed by atoms with Crippen molar-refractivity contribution < 1.29 is 33.8 Å². The lowest BCUT2D eigenvalue weighted by Crippen LogP contribution is -2.41. The van der Waals surface area contributed by atoms with Gasteiger partial charge in [-0.2, -0.15) is 0 Å². The highest BCUT2D eigenvalue weighted by atomic mass is 16.5. The fourth-order valence-electron chi connectivity index (χ4n) is 6.30. The highest BCUT2D eigenvalue weighted by molar-refractivity contribution is 5.90. The molecule has 10 nitrogen and oxygen atoms in total. The maximum Gasteiger partial charge on any atom is 0.358 e. The Balaban J connectivity index is 1.59. The van der Waals surface area contributed by atoms with Gasteiger partial charge >= 0.3 is 5.97 Å². The molecule has 4 heterocycles. The summed E-state index contributed by atoms with van der Waals surface area (Å²) in [6.45, 7) is 7.25. The normalized spacial score (nSPS) is 24.9. The van der Waals surface area contributed by atoms with Crippen LogP contribution in [0.3, 0.4) is 0 Å². The van der Waals surface area contributed by atoms with Crippen LogP contribution < -0.4 is 15.4 Å². The number of aliphatic hydroxyl groups excluding tert-OH is 1. The van der Waals surface area contributed by atoms with Crippen molar-refractivity contribution in [1.29, 1.82) is 0 Å². The summed E-state index contributed by atoms with van der Waals surface area (Å²) >= 11 is 0. The van der Waals surface area contributed by atoms with Crippen molar-refractivity contribution in [3.63, 3.8) is 0 Å². The Kier molecular flexibility index (Phi) is 6.41. The molecule has 1 unspecified atom stereocenters. The molecule has 0 radical (unpaired) electrons. The van der Waals surface area contributed by atoms with Gasteiger partial charge in [-0.1, -0.05) is 58.0 Å². The number of amides is 1. The summed E-state index contributed by atoms with van der Waals surface area (Å²) in [4.78, 5) is 43.8. The van der Waals surface area contributed by atoms with Crippen molar-refractivity contribution in [3.8, 4) is 5.75 Å². The maximum absolute atomic E-state index is 13.7. The SMILES string of the molecule is CC(C)[C@H](O)C(=O)C[C@H]1Cc2ccc3c(c2)[C@@]2(c4ccccc4NC2O3)c2oc(nc2C(=O)O)[C@H](C(C)C)NC1=O. The number of aromatic carboxylic acids is 1. The van der Waals surface area contributed by atoms with Crippen molar-refractivity contribution in [1.82, 2.24) is 10.3 Å². The molecule has 0 aliphatic carbocycles. The molecule has 214 valence electrons. The van der Waals surface area contributed by atoms with E-state index in [1.807, 2.05) is 50.2 Å². The van der Waals surface area contributed by atoms with E-state index in [9.17, 15) is 24.6 Å². The minimum Gasteiger partial charge on any atom is -0.476 e. The molecule has 10 heteroatoms. The van der Waals surface area contributed by atoms with Crippen LogP contribution in [0.25, 0.3) is 0 Å². The molecule has 1 aromatic heterocycles. The summed E-state index contributed by atoms with van der Waals surface area (Å²) in [5.41, 5.74) is 1.62. The molecule has 41 heavy (non-hydrogen) atoms. The lowest BCUT2D eigenvalue weighted by Gasteiger charge is -2.28. The number of carboxylic acids is 1. The molecular weight excluding hydrogens is 526 g/mol. The largest absolute Gasteiger partial charge is 0.476 e. The van der Waals surface area contributed by atoms with E-state index >= 15 is 0 Å². The molecule has 4 N–H and O–H groups in total. The van der Waals surface area contributed by atoms with E-state index < -0.39 is 47.4 Å². The number of carbonyl (C=O) groups excluding carboxylic acids is 2. The number of ketones is 1. The van der Waals surface area contributed by atoms with Gasteiger partial charge in [-0.15, -0.1) is 0 Å². The number of nitrogens with zero attached hydrogens (tertiary/aromatic N) is 1. The van der Waals surface area contributed by atoms with E-state index in [4.69, 9.17) is 9.15 Å². The molecule has 6 rings (SSSR count). The van der Waals surface area contributed by atoms with Gasteiger partial charge in [-0.05, 0) is 41.5 Å². The number of nitrogens with one attached hydrogen (secondary N) is 2. The van der Waals surface area contributed by atoms with E-state index in [1.165, 1.54) is 0 Å². The summed E-state index contributed by atoms with van der Waals surface area (Å²) in [5.74, 6) is -2.61. The molecule has 2 aromatic carbocycles. The van der Waals surface area contributed by atoms with Crippen LogP contribution in [0, 0.1) is 17.8 Å². The number of aromatic nitrogens is 1. The van der Waals surface area contributed by atoms with Crippen LogP contribution in [0.15, 0.2) is 46.9 Å². The Morgan fingerprint density at radius 1 is 1.10 bits per heavy atom. The smallest absolute Gasteiger partial charge is 0.358 e. The van der Waals surface area contributed by atoms with Crippen molar-refractivity contribution in [3.05, 3.63) is 76.5 Å². The Hall–Kier alpha value is -4.18. The first-order chi connectivity index (χ1) is 19.5. The van der Waals surface area contributed by atoms with E-state index in [1.54, 1.807) is 19.9 Å². The van der Waals surface area contributed by atoms with Gasteiger partial charge in [-0.3, -0.25) is 9.59 Å². The Morgan fingerprint density at radius 2 is 1.85 bits per heavy atom. The molecule has 3 aliphatic heterocycles. The van der Waals surface area contributed by atoms with Gasteiger partial charge in [0.15, 0.2) is 23.5 Å². The quantitative estimate of drug-likeness (QED) is 0.353. The average molecular weight is 560 g/mol. The Morgan fingerprint density at radius 3 is 2.56 bits per heavy atom. The number of carboxylic acid groups (broad SMARTS) is 1. The molecular formula is C31H33N3O7. The van der Waals surface area contributed by atoms with Crippen molar-refractivity contribution in [2.45, 2.75) is 64.3 Å². The minimum atomic E-state index is -1.26. The molecule has 1 amide bonds. The highest BCUT2D eigenvalue weighted by Gasteiger charge is 2.61. The van der Waals surface area contributed by atoms with Gasteiger partial charge in [0.2, 0.25) is 11.8 Å². The molecule has 0 saturated carbocycles. The van der Waals surface area contributed by atoms with Gasteiger partial charge in [-0.25, -0.2) is 9.78 Å². The third kappa shape index (κ3) is 4.11. The molecule has 3 aliphatic rings. The second kappa shape index (κ2) is 9.73. The number of hydrogen-bond acceptors (Lipinski definition) is 8. The molecule has 0 fully saturated rings. The minimum absolute atomic E-state index is 0.0655. The highest BCUT2D eigenvalue weighted by Crippen LogP contribution is 2.58. The van der Waals surface area contributed by atoms with Crippen molar-refractivity contribution in [2.24, 2.45) is 17.8 Å². The lowest BCUT2D eigenvalue weighted by atomic mass is 9.72. The van der Waals surface area contributed by atoms with Crippen LogP contribution >= 0.6 is 0 Å². The third-order valence-electron chi connectivity index (χ3n) is 8.44. The summed E-state index contributed by atoms with van der Waals surface area (Å²) in [6, 6.07) is 12.4. The number of para-hydroxylation sites is 1. The van der Waals surface area contributed by atoms with Gasteiger partial charge in [0.1, 0.15) is 23.3 Å². The number of fused-ring (bicyclic) bond motifs is 4. The number of aliphatic hydroxyl groups is 1. The van der Waals surface area contributed by atoms with Crippen LogP contribution in [-0.2, 0) is 21.4 Å². The summed E-state index contributed by atoms with van der Waals surface area (Å²) in [5, 5.41) is 27.1. The van der Waals surface area contributed by atoms with Crippen LogP contribution in [0.2, 0.25) is 0 Å². The second-order valence-electron chi connectivity index (χ2n) is 11.9. The average Bonchev–Trinajstić information content (AvgIpc) is 3.59. The van der Waals surface area contributed by atoms with Crippen LogP contribution in [0.5, 0.6) is 5.75 Å². The summed E-state index contributed by atoms with van der Waals surface area (Å²) in [7, 11) is 0. The van der Waals surface area contributed by atoms with E-state index in [0.29, 0.717) is 11.3 Å². The Labute approximate surface area is 237 Å². The fourth-order valence-corrected chi connectivity index (χ4v) is 6.30. The maximum atomic E-state index is 13.7. The zero-order valence-electron chi connectivity index (χ0n) is 23.3. The van der Waals surface area contributed by atoms with E-state index in [2.05, 4.69) is 15.6 Å². The third-order valence-corrected chi connectivity index (χ3v) is 8.44. The summed E-state index contributed by atoms with van der Waals surface area (Å²) in [6.07, 6.45) is -1.80. The van der Waals surface area contributed by atoms with E-state index in [0.717, 1.165) is 16.8 Å². The Bertz CT molecular complexity index is 1560. The number of anilines is 1. The first-order valence-electron chi connectivity index (χ1n) is 13.9. The zero-order chi connectivity index (χ0) is 29.2. The standard InChI is InChI=1S/C31H33N3O7/c1-14(2)23-28-34-24(29(38)39)26(41-28)31-18-7-5-6-8-20(18)32-30(31)40-22-10-9-16(12-19(22)31)11-17(27(37)33-23)13-21(35)25(36)15(3)4/h5-10,12,14-15,17,23,25,30,32,36H,11,13H2,1-4H3,(H,33,37)(H,38,39)/t17-,23+,25+,30?,31+/m1/s1. The van der Waals surface area contributed by atoms with Crippen LogP contribution in [0.1, 0.15) is 79.0 Å². The number of hydrogen-bond donors (Lipinski definition) is 4. The van der Waals surface area contributed by atoms with Gasteiger partial charge in [0.25, 0.3) is 0 Å². The zero-order valence-corrected chi connectivity index (χ0v) is 23.3. The molecule has 5 atom stereocenters. The van der Waals surface area contributed by atoms with E-state index in [-0.39, 0.29) is 42.0 Å². The fraction of sp³-hybridized carbons (Fsp3) is 0.419. The van der Waals surface area contributed by atoms with Crippen molar-refractivity contribution in [2.75, 3.05) is 5.32 Å². The second-order valence-corrected chi connectivity index (χ2v) is 11.9. The first kappa shape index (κ1) is 27.0. The number of Topliss-reactive ketones (excluding diaryl/α,β-unsaturated/α-hetero) is 1. The number of oxazole rings is 1. The molecule has 1 spiro atoms. The lowest BCUT2D eigenvalue weighted by molar-refractivity contribution is -0.135. The van der Waals surface area contributed by atoms with Crippen LogP contribution in [0.4, 0.5) is 5.69 Å². The molecule has 3 aromatic rings. The molecule has 4 bridgehead atoms. The van der Waals surface area contributed by atoms with Gasteiger partial charge in [0.05, 0.1) is 0 Å². The van der Waals surface area contributed by atoms with Gasteiger partial charge < -0.3 is 30.0 Å². The number of ether oxygens (including phenoxy) is 1. The monoisotopic (exact) mass is 559 g/mol.